The summed E-state index contributed by atoms with van der Waals surface area (Å²) in [5, 5.41) is 3.34. The number of rotatable bonds is 10. The van der Waals surface area contributed by atoms with Gasteiger partial charge < -0.3 is 20.7 Å². The van der Waals surface area contributed by atoms with E-state index in [2.05, 4.69) is 5.32 Å². The molecule has 0 aromatic heterocycles. The van der Waals surface area contributed by atoms with Crippen molar-refractivity contribution >= 4 is 29.1 Å². The van der Waals surface area contributed by atoms with Crippen LogP contribution in [-0.4, -0.2) is 36.9 Å². The Morgan fingerprint density at radius 3 is 2.44 bits per heavy atom. The van der Waals surface area contributed by atoms with Crippen LogP contribution in [0, 0.1) is 11.2 Å². The third kappa shape index (κ3) is 7.54. The molecule has 190 valence electrons. The highest BCUT2D eigenvalue weighted by molar-refractivity contribution is 6.31. The van der Waals surface area contributed by atoms with Crippen LogP contribution >= 0.6 is 11.6 Å². The molecule has 3 N–H and O–H groups in total. The van der Waals surface area contributed by atoms with E-state index in [0.717, 1.165) is 11.3 Å². The molecule has 8 heteroatoms. The number of anilines is 1. The molecule has 0 aliphatic rings. The van der Waals surface area contributed by atoms with Gasteiger partial charge in [-0.2, -0.15) is 0 Å². The van der Waals surface area contributed by atoms with Crippen LogP contribution in [0.3, 0.4) is 0 Å². The average molecular weight is 512 g/mol. The number of hydrogen-bond acceptors (Lipinski definition) is 4. The standard InChI is InChI=1S/C28H31ClFN3O3/c1-28(2,17-31)18-33(27(35)20-5-4-6-22(30)14-20)16-21-15-23(9-12-25(21)29)32-26(34)13-19-7-10-24(36-3)11-8-19/h4-12,14-15H,13,16-18,31H2,1-3H3,(H,32,34). The van der Waals surface area contributed by atoms with Crippen LogP contribution in [0.5, 0.6) is 5.75 Å². The lowest BCUT2D eigenvalue weighted by Crippen LogP contribution is -2.41. The van der Waals surface area contributed by atoms with Gasteiger partial charge in [-0.1, -0.05) is 43.6 Å². The van der Waals surface area contributed by atoms with Crippen LogP contribution in [0.1, 0.15) is 35.3 Å². The van der Waals surface area contributed by atoms with Gasteiger partial charge in [-0.25, -0.2) is 4.39 Å². The molecule has 0 spiro atoms. The summed E-state index contributed by atoms with van der Waals surface area (Å²) < 4.78 is 18.9. The fourth-order valence-corrected chi connectivity index (χ4v) is 3.88. The molecule has 0 unspecified atom stereocenters. The maximum Gasteiger partial charge on any atom is 0.254 e. The Kier molecular flexibility index (Phi) is 9.07. The quantitative estimate of drug-likeness (QED) is 0.387. The summed E-state index contributed by atoms with van der Waals surface area (Å²) in [5.74, 6) is -0.290. The zero-order valence-corrected chi connectivity index (χ0v) is 21.4. The number of carbonyl (C=O) groups excluding carboxylic acids is 2. The van der Waals surface area contributed by atoms with Gasteiger partial charge in [-0.3, -0.25) is 9.59 Å². The first-order chi connectivity index (χ1) is 17.1. The number of halogens is 2. The van der Waals surface area contributed by atoms with Gasteiger partial charge >= 0.3 is 0 Å². The van der Waals surface area contributed by atoms with Gasteiger partial charge in [0, 0.05) is 29.4 Å². The number of nitrogens with one attached hydrogen (secondary N) is 1. The SMILES string of the molecule is COc1ccc(CC(=O)Nc2ccc(Cl)c(CN(CC(C)(C)CN)C(=O)c3cccc(F)c3)c2)cc1. The van der Waals surface area contributed by atoms with Gasteiger partial charge in [0.1, 0.15) is 11.6 Å². The third-order valence-electron chi connectivity index (χ3n) is 5.74. The van der Waals surface area contributed by atoms with E-state index in [0.29, 0.717) is 29.4 Å². The minimum Gasteiger partial charge on any atom is -0.497 e. The highest BCUT2D eigenvalue weighted by Crippen LogP contribution is 2.26. The zero-order chi connectivity index (χ0) is 26.3. The van der Waals surface area contributed by atoms with Crippen molar-refractivity contribution in [3.63, 3.8) is 0 Å². The first-order valence-electron chi connectivity index (χ1n) is 11.6. The maximum absolute atomic E-state index is 13.8. The van der Waals surface area contributed by atoms with E-state index < -0.39 is 5.82 Å². The molecule has 3 aromatic carbocycles. The van der Waals surface area contributed by atoms with E-state index in [1.54, 1.807) is 48.4 Å². The number of hydrogen-bond donors (Lipinski definition) is 2. The minimum absolute atomic E-state index is 0.166. The molecule has 0 aliphatic heterocycles. The van der Waals surface area contributed by atoms with Crippen molar-refractivity contribution in [1.82, 2.24) is 4.90 Å². The Morgan fingerprint density at radius 2 is 1.81 bits per heavy atom. The smallest absolute Gasteiger partial charge is 0.254 e. The van der Waals surface area contributed by atoms with E-state index in [1.807, 2.05) is 26.0 Å². The second-order valence-electron chi connectivity index (χ2n) is 9.42. The lowest BCUT2D eigenvalue weighted by Gasteiger charge is -2.32. The summed E-state index contributed by atoms with van der Waals surface area (Å²) >= 11 is 6.47. The second-order valence-corrected chi connectivity index (χ2v) is 9.83. The van der Waals surface area contributed by atoms with Gasteiger partial charge in [0.2, 0.25) is 5.91 Å². The average Bonchev–Trinajstić information content (AvgIpc) is 2.85. The van der Waals surface area contributed by atoms with Gasteiger partial charge in [-0.05, 0) is 71.6 Å². The first-order valence-corrected chi connectivity index (χ1v) is 11.9. The van der Waals surface area contributed by atoms with E-state index in [4.69, 9.17) is 22.1 Å². The highest BCUT2D eigenvalue weighted by atomic mass is 35.5. The molecular weight excluding hydrogens is 481 g/mol. The van der Waals surface area contributed by atoms with E-state index in [9.17, 15) is 14.0 Å². The number of methoxy groups -OCH3 is 1. The molecule has 0 radical (unpaired) electrons. The van der Waals surface area contributed by atoms with Crippen molar-refractivity contribution in [2.45, 2.75) is 26.8 Å². The molecule has 0 bridgehead atoms. The van der Waals surface area contributed by atoms with Gasteiger partial charge in [0.15, 0.2) is 0 Å². The second kappa shape index (κ2) is 12.0. The Morgan fingerprint density at radius 1 is 1.08 bits per heavy atom. The molecule has 3 aromatic rings. The lowest BCUT2D eigenvalue weighted by molar-refractivity contribution is -0.115. The van der Waals surface area contributed by atoms with Crippen LogP contribution in [0.4, 0.5) is 10.1 Å². The summed E-state index contributed by atoms with van der Waals surface area (Å²) in [4.78, 5) is 27.5. The fraction of sp³-hybridized carbons (Fsp3) is 0.286. The Balaban J connectivity index is 1.79. The van der Waals surface area contributed by atoms with Crippen molar-refractivity contribution < 1.29 is 18.7 Å². The van der Waals surface area contributed by atoms with Gasteiger partial charge in [0.25, 0.3) is 5.91 Å². The molecule has 36 heavy (non-hydrogen) atoms. The summed E-state index contributed by atoms with van der Waals surface area (Å²) in [6, 6.07) is 18.0. The number of ether oxygens (including phenoxy) is 1. The van der Waals surface area contributed by atoms with E-state index in [1.165, 1.54) is 18.2 Å². The third-order valence-corrected chi connectivity index (χ3v) is 6.11. The molecule has 0 aliphatic carbocycles. The summed E-state index contributed by atoms with van der Waals surface area (Å²) in [5.41, 5.74) is 7.84. The number of nitrogens with two attached hydrogens (primary N) is 1. The van der Waals surface area contributed by atoms with E-state index in [-0.39, 0.29) is 35.8 Å². The minimum atomic E-state index is -0.488. The fourth-order valence-electron chi connectivity index (χ4n) is 3.70. The molecular formula is C28H31ClFN3O3. The number of carbonyl (C=O) groups is 2. The van der Waals surface area contributed by atoms with Crippen LogP contribution in [0.25, 0.3) is 0 Å². The van der Waals surface area contributed by atoms with Crippen molar-refractivity contribution in [3.05, 3.63) is 94.3 Å². The predicted octanol–water partition coefficient (Wildman–Crippen LogP) is 5.30. The van der Waals surface area contributed by atoms with Crippen molar-refractivity contribution in [2.75, 3.05) is 25.5 Å². The number of amides is 2. The molecule has 2 amide bonds. The van der Waals surface area contributed by atoms with Crippen LogP contribution < -0.4 is 15.8 Å². The molecule has 6 nitrogen and oxygen atoms in total. The van der Waals surface area contributed by atoms with Gasteiger partial charge in [-0.15, -0.1) is 0 Å². The van der Waals surface area contributed by atoms with Crippen molar-refractivity contribution in [3.8, 4) is 5.75 Å². The Bertz CT molecular complexity index is 1210. The summed E-state index contributed by atoms with van der Waals surface area (Å²) in [6.07, 6.45) is 0.191. The van der Waals surface area contributed by atoms with Crippen LogP contribution in [0.2, 0.25) is 5.02 Å². The monoisotopic (exact) mass is 511 g/mol. The van der Waals surface area contributed by atoms with Gasteiger partial charge in [0.05, 0.1) is 13.5 Å². The predicted molar refractivity (Wildman–Crippen MR) is 141 cm³/mol. The molecule has 0 saturated heterocycles. The number of nitrogens with zero attached hydrogens (tertiary/aromatic N) is 1. The zero-order valence-electron chi connectivity index (χ0n) is 20.7. The topological polar surface area (TPSA) is 84.7 Å². The van der Waals surface area contributed by atoms with Crippen molar-refractivity contribution in [1.29, 1.82) is 0 Å². The maximum atomic E-state index is 13.8. The van der Waals surface area contributed by atoms with Crippen LogP contribution in [-0.2, 0) is 17.8 Å². The first kappa shape index (κ1) is 27.2. The molecule has 0 fully saturated rings. The molecule has 0 heterocycles. The summed E-state index contributed by atoms with van der Waals surface area (Å²) in [7, 11) is 1.59. The van der Waals surface area contributed by atoms with Crippen molar-refractivity contribution in [2.24, 2.45) is 11.1 Å². The molecule has 0 atom stereocenters. The lowest BCUT2D eigenvalue weighted by atomic mass is 9.92. The molecule has 0 saturated carbocycles. The molecule has 3 rings (SSSR count). The highest BCUT2D eigenvalue weighted by Gasteiger charge is 2.26. The summed E-state index contributed by atoms with van der Waals surface area (Å²) in [6.45, 7) is 4.77. The Hall–Kier alpha value is -3.42. The van der Waals surface area contributed by atoms with E-state index >= 15 is 0 Å². The largest absolute Gasteiger partial charge is 0.497 e. The normalized spacial score (nSPS) is 11.2. The van der Waals surface area contributed by atoms with Crippen LogP contribution in [0.15, 0.2) is 66.7 Å². The number of benzene rings is 3. The Labute approximate surface area is 216 Å².